The van der Waals surface area contributed by atoms with Gasteiger partial charge in [-0.05, 0) is 30.7 Å². The Morgan fingerprint density at radius 3 is 2.48 bits per heavy atom. The quantitative estimate of drug-likeness (QED) is 0.681. The molecule has 0 fully saturated rings. The number of ether oxygens (including phenoxy) is 2. The summed E-state index contributed by atoms with van der Waals surface area (Å²) in [5.41, 5.74) is 0.373. The van der Waals surface area contributed by atoms with Crippen LogP contribution in [0.25, 0.3) is 5.76 Å². The summed E-state index contributed by atoms with van der Waals surface area (Å²) in [6.07, 6.45) is 2.94. The molecule has 0 unspecified atom stereocenters. The Morgan fingerprint density at radius 2 is 1.74 bits per heavy atom. The Balaban J connectivity index is 1.79. The lowest BCUT2D eigenvalue weighted by molar-refractivity contribution is -0.139. The Labute approximate surface area is 159 Å². The Morgan fingerprint density at radius 1 is 1.04 bits per heavy atom. The molecule has 2 aromatic rings. The molecule has 0 spiro atoms. The minimum atomic E-state index is -3.64. The molecule has 7 heteroatoms. The smallest absolute Gasteiger partial charge is 0.349 e. The highest BCUT2D eigenvalue weighted by Crippen LogP contribution is 2.33. The van der Waals surface area contributed by atoms with Crippen molar-refractivity contribution in [2.75, 3.05) is 13.2 Å². The summed E-state index contributed by atoms with van der Waals surface area (Å²) in [6, 6.07) is 15.4. The van der Waals surface area contributed by atoms with Gasteiger partial charge in [-0.2, -0.15) is 0 Å². The average Bonchev–Trinajstić information content (AvgIpc) is 2.68. The standard InChI is InChI=1S/C20H21NO5S/c1-2-3-13-21-14-18(17-11-7-8-12-19(17)27(21,23)24)26-20(22)15-25-16-9-5-4-6-10-16/h4-12,14H,2-3,13,15H2,1H3. The number of esters is 1. The number of nitrogens with zero attached hydrogens (tertiary/aromatic N) is 1. The van der Waals surface area contributed by atoms with E-state index in [-0.39, 0.29) is 17.3 Å². The lowest BCUT2D eigenvalue weighted by atomic mass is 10.2. The van der Waals surface area contributed by atoms with Crippen LogP contribution in [0.1, 0.15) is 25.3 Å². The molecule has 0 bridgehead atoms. The first-order valence-electron chi connectivity index (χ1n) is 8.74. The van der Waals surface area contributed by atoms with Crippen molar-refractivity contribution in [3.8, 4) is 5.75 Å². The van der Waals surface area contributed by atoms with Gasteiger partial charge >= 0.3 is 5.97 Å². The molecule has 0 aliphatic carbocycles. The number of carbonyl (C=O) groups is 1. The maximum Gasteiger partial charge on any atom is 0.349 e. The van der Waals surface area contributed by atoms with Crippen LogP contribution in [0.5, 0.6) is 5.75 Å². The zero-order valence-corrected chi connectivity index (χ0v) is 15.8. The van der Waals surface area contributed by atoms with Gasteiger partial charge in [0.15, 0.2) is 12.4 Å². The molecule has 0 radical (unpaired) electrons. The number of hydrogen-bond donors (Lipinski definition) is 0. The summed E-state index contributed by atoms with van der Waals surface area (Å²) < 4.78 is 37.6. The van der Waals surface area contributed by atoms with E-state index in [4.69, 9.17) is 9.47 Å². The molecule has 1 aliphatic heterocycles. The first-order chi connectivity index (χ1) is 13.0. The zero-order chi connectivity index (χ0) is 19.3. The van der Waals surface area contributed by atoms with Crippen LogP contribution in [-0.4, -0.2) is 31.8 Å². The highest BCUT2D eigenvalue weighted by molar-refractivity contribution is 7.89. The number of unbranched alkanes of at least 4 members (excludes halogenated alkanes) is 1. The summed E-state index contributed by atoms with van der Waals surface area (Å²) in [6.45, 7) is 2.04. The molecule has 0 aromatic heterocycles. The summed E-state index contributed by atoms with van der Waals surface area (Å²) in [5, 5.41) is 0. The second kappa shape index (κ2) is 8.26. The molecular formula is C20H21NO5S. The van der Waals surface area contributed by atoms with Crippen LogP contribution in [0.3, 0.4) is 0 Å². The van der Waals surface area contributed by atoms with Crippen LogP contribution in [0.4, 0.5) is 0 Å². The maximum atomic E-state index is 12.8. The van der Waals surface area contributed by atoms with Crippen molar-refractivity contribution in [2.45, 2.75) is 24.7 Å². The van der Waals surface area contributed by atoms with E-state index in [1.54, 1.807) is 42.5 Å². The highest BCUT2D eigenvalue weighted by atomic mass is 32.2. The van der Waals surface area contributed by atoms with Crippen LogP contribution < -0.4 is 4.74 Å². The lowest BCUT2D eigenvalue weighted by Crippen LogP contribution is -2.32. The van der Waals surface area contributed by atoms with Gasteiger partial charge in [-0.3, -0.25) is 4.31 Å². The predicted molar refractivity (Wildman–Crippen MR) is 101 cm³/mol. The summed E-state index contributed by atoms with van der Waals surface area (Å²) >= 11 is 0. The molecule has 3 rings (SSSR count). The largest absolute Gasteiger partial charge is 0.482 e. The van der Waals surface area contributed by atoms with E-state index in [2.05, 4.69) is 0 Å². The van der Waals surface area contributed by atoms with Gasteiger partial charge in [-0.15, -0.1) is 0 Å². The zero-order valence-electron chi connectivity index (χ0n) is 15.0. The van der Waals surface area contributed by atoms with Crippen LogP contribution in [0.15, 0.2) is 65.7 Å². The monoisotopic (exact) mass is 387 g/mol. The molecule has 2 aromatic carbocycles. The fraction of sp³-hybridized carbons (Fsp3) is 0.250. The van der Waals surface area contributed by atoms with Crippen molar-refractivity contribution in [1.82, 2.24) is 4.31 Å². The number of para-hydroxylation sites is 1. The van der Waals surface area contributed by atoms with E-state index in [1.807, 2.05) is 13.0 Å². The number of fused-ring (bicyclic) bond motifs is 1. The van der Waals surface area contributed by atoms with Gasteiger partial charge in [0.2, 0.25) is 0 Å². The van der Waals surface area contributed by atoms with Gasteiger partial charge in [0.05, 0.1) is 11.1 Å². The number of benzene rings is 2. The Hall–Kier alpha value is -2.80. The molecule has 0 N–H and O–H groups in total. The van der Waals surface area contributed by atoms with E-state index in [9.17, 15) is 13.2 Å². The molecule has 1 heterocycles. The van der Waals surface area contributed by atoms with E-state index < -0.39 is 16.0 Å². The second-order valence-electron chi connectivity index (χ2n) is 6.03. The van der Waals surface area contributed by atoms with Gasteiger partial charge in [-0.1, -0.05) is 43.7 Å². The molecule has 0 amide bonds. The van der Waals surface area contributed by atoms with E-state index in [0.717, 1.165) is 6.42 Å². The number of rotatable bonds is 7. The fourth-order valence-corrected chi connectivity index (χ4v) is 4.24. The second-order valence-corrected chi connectivity index (χ2v) is 7.89. The third kappa shape index (κ3) is 4.31. The molecular weight excluding hydrogens is 366 g/mol. The van der Waals surface area contributed by atoms with Crippen molar-refractivity contribution in [1.29, 1.82) is 0 Å². The third-order valence-electron chi connectivity index (χ3n) is 4.06. The lowest BCUT2D eigenvalue weighted by Gasteiger charge is -2.27. The topological polar surface area (TPSA) is 72.9 Å². The van der Waals surface area contributed by atoms with Gasteiger partial charge in [0.25, 0.3) is 10.0 Å². The summed E-state index contributed by atoms with van der Waals surface area (Å²) in [4.78, 5) is 12.4. The van der Waals surface area contributed by atoms with Crippen molar-refractivity contribution in [2.24, 2.45) is 0 Å². The number of carbonyl (C=O) groups excluding carboxylic acids is 1. The molecule has 27 heavy (non-hydrogen) atoms. The fourth-order valence-electron chi connectivity index (χ4n) is 2.68. The molecule has 0 saturated heterocycles. The van der Waals surface area contributed by atoms with Gasteiger partial charge in [0, 0.05) is 12.1 Å². The van der Waals surface area contributed by atoms with Gasteiger partial charge in [0.1, 0.15) is 5.75 Å². The molecule has 0 atom stereocenters. The van der Waals surface area contributed by atoms with Crippen LogP contribution in [-0.2, 0) is 19.6 Å². The van der Waals surface area contributed by atoms with Crippen molar-refractivity contribution < 1.29 is 22.7 Å². The minimum Gasteiger partial charge on any atom is -0.482 e. The van der Waals surface area contributed by atoms with E-state index >= 15 is 0 Å². The average molecular weight is 387 g/mol. The normalized spacial score (nSPS) is 14.9. The first kappa shape index (κ1) is 19.0. The molecule has 6 nitrogen and oxygen atoms in total. The van der Waals surface area contributed by atoms with Crippen LogP contribution in [0, 0.1) is 0 Å². The SMILES string of the molecule is CCCCN1C=C(OC(=O)COc2ccccc2)c2ccccc2S1(=O)=O. The maximum absolute atomic E-state index is 12.8. The predicted octanol–water partition coefficient (Wildman–Crippen LogP) is 3.41. The molecule has 142 valence electrons. The van der Waals surface area contributed by atoms with Crippen LogP contribution in [0.2, 0.25) is 0 Å². The molecule has 1 aliphatic rings. The van der Waals surface area contributed by atoms with E-state index in [1.165, 1.54) is 16.6 Å². The van der Waals surface area contributed by atoms with Crippen molar-refractivity contribution in [3.05, 3.63) is 66.4 Å². The Bertz CT molecular complexity index is 938. The number of hydrogen-bond acceptors (Lipinski definition) is 5. The third-order valence-corrected chi connectivity index (χ3v) is 5.87. The van der Waals surface area contributed by atoms with Crippen molar-refractivity contribution >= 4 is 21.8 Å². The summed E-state index contributed by atoms with van der Waals surface area (Å²) in [5.74, 6) is 0.160. The van der Waals surface area contributed by atoms with Gasteiger partial charge in [-0.25, -0.2) is 13.2 Å². The summed E-state index contributed by atoms with van der Waals surface area (Å²) in [7, 11) is -3.64. The highest BCUT2D eigenvalue weighted by Gasteiger charge is 2.32. The first-order valence-corrected chi connectivity index (χ1v) is 10.2. The number of sulfonamides is 1. The van der Waals surface area contributed by atoms with E-state index in [0.29, 0.717) is 24.3 Å². The molecule has 0 saturated carbocycles. The minimum absolute atomic E-state index is 0.135. The Kier molecular flexibility index (Phi) is 5.81. The van der Waals surface area contributed by atoms with Gasteiger partial charge < -0.3 is 9.47 Å². The van der Waals surface area contributed by atoms with Crippen LogP contribution >= 0.6 is 0 Å². The van der Waals surface area contributed by atoms with Crippen molar-refractivity contribution in [3.63, 3.8) is 0 Å².